The maximum absolute atomic E-state index is 12.9. The van der Waals surface area contributed by atoms with Crippen LogP contribution in [0.3, 0.4) is 0 Å². The maximum Gasteiger partial charge on any atom is 0.225 e. The molecule has 30 heavy (non-hydrogen) atoms. The number of methoxy groups -OCH3 is 1. The molecular formula is C24H27NO5. The van der Waals surface area contributed by atoms with E-state index in [0.29, 0.717) is 18.8 Å². The SMILES string of the molecule is COc1ccc2c(CC(=O)N[C@H](c3ccc4c(c3)OCCCO4)C(C)C)coc2c1. The molecule has 0 spiro atoms. The molecule has 2 aromatic carbocycles. The van der Waals surface area contributed by atoms with Crippen LogP contribution in [-0.4, -0.2) is 26.2 Å². The third-order valence-electron chi connectivity index (χ3n) is 5.33. The van der Waals surface area contributed by atoms with Crippen LogP contribution in [0.25, 0.3) is 11.0 Å². The van der Waals surface area contributed by atoms with E-state index in [0.717, 1.165) is 40.2 Å². The third kappa shape index (κ3) is 4.22. The minimum atomic E-state index is -0.132. The minimum Gasteiger partial charge on any atom is -0.497 e. The van der Waals surface area contributed by atoms with Crippen molar-refractivity contribution in [1.29, 1.82) is 0 Å². The lowest BCUT2D eigenvalue weighted by molar-refractivity contribution is -0.121. The number of nitrogens with one attached hydrogen (secondary N) is 1. The molecule has 0 unspecified atom stereocenters. The maximum atomic E-state index is 12.9. The quantitative estimate of drug-likeness (QED) is 0.641. The summed E-state index contributed by atoms with van der Waals surface area (Å²) in [6.07, 6.45) is 2.74. The Kier molecular flexibility index (Phi) is 5.84. The van der Waals surface area contributed by atoms with Crippen LogP contribution in [0, 0.1) is 5.92 Å². The largest absolute Gasteiger partial charge is 0.497 e. The van der Waals surface area contributed by atoms with Crippen LogP contribution in [0.4, 0.5) is 0 Å². The van der Waals surface area contributed by atoms with Gasteiger partial charge in [-0.1, -0.05) is 19.9 Å². The van der Waals surface area contributed by atoms with Crippen molar-refractivity contribution in [3.05, 3.63) is 53.8 Å². The van der Waals surface area contributed by atoms with Crippen LogP contribution in [0.2, 0.25) is 0 Å². The molecule has 0 saturated heterocycles. The molecule has 0 fully saturated rings. The average molecular weight is 409 g/mol. The van der Waals surface area contributed by atoms with E-state index >= 15 is 0 Å². The van der Waals surface area contributed by atoms with Crippen molar-refractivity contribution >= 4 is 16.9 Å². The number of hydrogen-bond acceptors (Lipinski definition) is 5. The monoisotopic (exact) mass is 409 g/mol. The summed E-state index contributed by atoms with van der Waals surface area (Å²) >= 11 is 0. The number of rotatable bonds is 6. The highest BCUT2D eigenvalue weighted by Gasteiger charge is 2.22. The molecule has 4 rings (SSSR count). The van der Waals surface area contributed by atoms with Gasteiger partial charge in [-0.05, 0) is 35.7 Å². The Morgan fingerprint density at radius 2 is 1.90 bits per heavy atom. The molecule has 6 nitrogen and oxygen atoms in total. The lowest BCUT2D eigenvalue weighted by Crippen LogP contribution is -2.32. The summed E-state index contributed by atoms with van der Waals surface area (Å²) in [6.45, 7) is 5.47. The Morgan fingerprint density at radius 1 is 1.10 bits per heavy atom. The van der Waals surface area contributed by atoms with E-state index in [1.807, 2.05) is 36.4 Å². The van der Waals surface area contributed by atoms with Gasteiger partial charge in [-0.2, -0.15) is 0 Å². The minimum absolute atomic E-state index is 0.0562. The van der Waals surface area contributed by atoms with Crippen LogP contribution < -0.4 is 19.5 Å². The van der Waals surface area contributed by atoms with Crippen LogP contribution in [0.1, 0.15) is 37.4 Å². The molecular weight excluding hydrogens is 382 g/mol. The second kappa shape index (κ2) is 8.69. The number of hydrogen-bond donors (Lipinski definition) is 1. The normalized spacial score (nSPS) is 14.4. The summed E-state index contributed by atoms with van der Waals surface area (Å²) in [5.41, 5.74) is 2.57. The number of carbonyl (C=O) groups is 1. The first-order chi connectivity index (χ1) is 14.5. The highest BCUT2D eigenvalue weighted by Crippen LogP contribution is 2.34. The van der Waals surface area contributed by atoms with Crippen molar-refractivity contribution in [2.75, 3.05) is 20.3 Å². The van der Waals surface area contributed by atoms with Gasteiger partial charge >= 0.3 is 0 Å². The number of benzene rings is 2. The van der Waals surface area contributed by atoms with Crippen molar-refractivity contribution in [3.8, 4) is 17.2 Å². The van der Waals surface area contributed by atoms with Crippen LogP contribution in [0.15, 0.2) is 47.1 Å². The van der Waals surface area contributed by atoms with Gasteiger partial charge in [-0.3, -0.25) is 4.79 Å². The zero-order valence-electron chi connectivity index (χ0n) is 17.6. The number of carbonyl (C=O) groups excluding carboxylic acids is 1. The zero-order chi connectivity index (χ0) is 21.1. The predicted molar refractivity (Wildman–Crippen MR) is 114 cm³/mol. The molecule has 1 aliphatic heterocycles. The molecule has 0 saturated carbocycles. The van der Waals surface area contributed by atoms with Gasteiger partial charge < -0.3 is 23.9 Å². The Bertz CT molecular complexity index is 1040. The fraction of sp³-hybridized carbons (Fsp3) is 0.375. The van der Waals surface area contributed by atoms with E-state index in [4.69, 9.17) is 18.6 Å². The lowest BCUT2D eigenvalue weighted by Gasteiger charge is -2.24. The summed E-state index contributed by atoms with van der Waals surface area (Å²) < 4.78 is 22.4. The van der Waals surface area contributed by atoms with Gasteiger partial charge in [-0.25, -0.2) is 0 Å². The standard InChI is InChI=1S/C24H27NO5/c1-15(2)24(16-5-8-20-22(11-16)29-10-4-9-28-20)25-23(26)12-17-14-30-21-13-18(27-3)6-7-19(17)21/h5-8,11,13-15,24H,4,9-10,12H2,1-3H3,(H,25,26)/t24-/m0/s1. The molecule has 1 amide bonds. The smallest absolute Gasteiger partial charge is 0.225 e. The predicted octanol–water partition coefficient (Wildman–Crippen LogP) is 4.66. The van der Waals surface area contributed by atoms with Crippen molar-refractivity contribution in [2.24, 2.45) is 5.92 Å². The van der Waals surface area contributed by atoms with Crippen molar-refractivity contribution in [3.63, 3.8) is 0 Å². The first kappa shape index (κ1) is 20.1. The number of amides is 1. The molecule has 1 atom stereocenters. The Hall–Kier alpha value is -3.15. The molecule has 0 bridgehead atoms. The topological polar surface area (TPSA) is 69.9 Å². The fourth-order valence-electron chi connectivity index (χ4n) is 3.73. The van der Waals surface area contributed by atoms with Crippen molar-refractivity contribution in [1.82, 2.24) is 5.32 Å². The van der Waals surface area contributed by atoms with Crippen molar-refractivity contribution < 1.29 is 23.4 Å². The lowest BCUT2D eigenvalue weighted by atomic mass is 9.95. The van der Waals surface area contributed by atoms with E-state index in [-0.39, 0.29) is 24.3 Å². The van der Waals surface area contributed by atoms with E-state index in [2.05, 4.69) is 19.2 Å². The molecule has 2 heterocycles. The Balaban J connectivity index is 1.51. The van der Waals surface area contributed by atoms with Gasteiger partial charge in [0.2, 0.25) is 5.91 Å². The summed E-state index contributed by atoms with van der Waals surface area (Å²) in [4.78, 5) is 12.9. The van der Waals surface area contributed by atoms with Gasteiger partial charge in [0, 0.05) is 23.4 Å². The highest BCUT2D eigenvalue weighted by atomic mass is 16.5. The van der Waals surface area contributed by atoms with E-state index in [1.54, 1.807) is 13.4 Å². The summed E-state index contributed by atoms with van der Waals surface area (Å²) in [7, 11) is 1.62. The highest BCUT2D eigenvalue weighted by molar-refractivity contribution is 5.88. The first-order valence-corrected chi connectivity index (χ1v) is 10.3. The second-order valence-corrected chi connectivity index (χ2v) is 7.85. The molecule has 3 aromatic rings. The average Bonchev–Trinajstić information content (AvgIpc) is 2.98. The van der Waals surface area contributed by atoms with Crippen molar-refractivity contribution in [2.45, 2.75) is 32.7 Å². The summed E-state index contributed by atoms with van der Waals surface area (Å²) in [6, 6.07) is 11.4. The summed E-state index contributed by atoms with van der Waals surface area (Å²) in [5.74, 6) is 2.37. The first-order valence-electron chi connectivity index (χ1n) is 10.3. The Labute approximate surface area is 176 Å². The second-order valence-electron chi connectivity index (χ2n) is 7.85. The van der Waals surface area contributed by atoms with Gasteiger partial charge in [-0.15, -0.1) is 0 Å². The van der Waals surface area contributed by atoms with Crippen LogP contribution in [0.5, 0.6) is 17.2 Å². The van der Waals surface area contributed by atoms with E-state index in [1.165, 1.54) is 0 Å². The third-order valence-corrected chi connectivity index (χ3v) is 5.33. The zero-order valence-corrected chi connectivity index (χ0v) is 17.6. The van der Waals surface area contributed by atoms with Crippen LogP contribution >= 0.6 is 0 Å². The molecule has 0 aliphatic carbocycles. The fourth-order valence-corrected chi connectivity index (χ4v) is 3.73. The Morgan fingerprint density at radius 3 is 2.67 bits per heavy atom. The van der Waals surface area contributed by atoms with Gasteiger partial charge in [0.05, 0.1) is 39.0 Å². The molecule has 1 aliphatic rings. The van der Waals surface area contributed by atoms with Gasteiger partial charge in [0.15, 0.2) is 11.5 Å². The van der Waals surface area contributed by atoms with Gasteiger partial charge in [0.25, 0.3) is 0 Å². The molecule has 6 heteroatoms. The molecule has 0 radical (unpaired) electrons. The van der Waals surface area contributed by atoms with Crippen LogP contribution in [-0.2, 0) is 11.2 Å². The van der Waals surface area contributed by atoms with Gasteiger partial charge in [0.1, 0.15) is 11.3 Å². The molecule has 1 N–H and O–H groups in total. The van der Waals surface area contributed by atoms with E-state index < -0.39 is 0 Å². The molecule has 1 aromatic heterocycles. The molecule has 158 valence electrons. The summed E-state index contributed by atoms with van der Waals surface area (Å²) in [5, 5.41) is 4.10. The number of fused-ring (bicyclic) bond motifs is 2. The van der Waals surface area contributed by atoms with E-state index in [9.17, 15) is 4.79 Å². The number of ether oxygens (including phenoxy) is 3. The number of furan rings is 1.